The van der Waals surface area contributed by atoms with Crippen molar-refractivity contribution < 1.29 is 17.9 Å². The number of hydrogen-bond acceptors (Lipinski definition) is 4. The van der Waals surface area contributed by atoms with Crippen molar-refractivity contribution in [2.45, 2.75) is 50.0 Å². The van der Waals surface area contributed by atoms with Crippen LogP contribution in [-0.2, 0) is 10.0 Å². The topological polar surface area (TPSA) is 84.5 Å². The van der Waals surface area contributed by atoms with Crippen molar-refractivity contribution in [3.8, 4) is 5.75 Å². The molecule has 7 heteroatoms. The number of amides is 1. The SMILES string of the molecule is COc1ccc(S(=O)(=O)Nc2cc(C)ccc2C(=O)NC2CCCCC2)cc1. The van der Waals surface area contributed by atoms with Crippen LogP contribution in [0.25, 0.3) is 0 Å². The van der Waals surface area contributed by atoms with E-state index in [4.69, 9.17) is 4.74 Å². The van der Waals surface area contributed by atoms with Crippen molar-refractivity contribution in [2.75, 3.05) is 11.8 Å². The molecule has 0 saturated heterocycles. The lowest BCUT2D eigenvalue weighted by Crippen LogP contribution is -2.36. The van der Waals surface area contributed by atoms with E-state index in [-0.39, 0.29) is 22.5 Å². The number of carbonyl (C=O) groups excluding carboxylic acids is 1. The fourth-order valence-corrected chi connectivity index (χ4v) is 4.48. The third kappa shape index (κ3) is 4.84. The summed E-state index contributed by atoms with van der Waals surface area (Å²) in [7, 11) is -2.31. The fraction of sp³-hybridized carbons (Fsp3) is 0.381. The molecule has 0 aromatic heterocycles. The zero-order chi connectivity index (χ0) is 20.1. The summed E-state index contributed by atoms with van der Waals surface area (Å²) in [6, 6.07) is 11.4. The first kappa shape index (κ1) is 20.2. The molecule has 0 radical (unpaired) electrons. The first-order chi connectivity index (χ1) is 13.4. The van der Waals surface area contributed by atoms with E-state index >= 15 is 0 Å². The summed E-state index contributed by atoms with van der Waals surface area (Å²) in [5, 5.41) is 3.05. The first-order valence-electron chi connectivity index (χ1n) is 9.47. The van der Waals surface area contributed by atoms with Crippen LogP contribution in [-0.4, -0.2) is 27.5 Å². The van der Waals surface area contributed by atoms with Gasteiger partial charge in [0.25, 0.3) is 15.9 Å². The number of ether oxygens (including phenoxy) is 1. The molecule has 1 aliphatic carbocycles. The molecule has 1 saturated carbocycles. The van der Waals surface area contributed by atoms with E-state index < -0.39 is 10.0 Å². The Morgan fingerprint density at radius 3 is 2.36 bits per heavy atom. The Morgan fingerprint density at radius 1 is 1.04 bits per heavy atom. The number of methoxy groups -OCH3 is 1. The summed E-state index contributed by atoms with van der Waals surface area (Å²) in [5.41, 5.74) is 1.47. The normalized spacial score (nSPS) is 15.1. The first-order valence-corrected chi connectivity index (χ1v) is 11.0. The van der Waals surface area contributed by atoms with Crippen LogP contribution in [0, 0.1) is 6.92 Å². The molecule has 0 heterocycles. The van der Waals surface area contributed by atoms with Gasteiger partial charge in [-0.15, -0.1) is 0 Å². The molecule has 2 aromatic carbocycles. The van der Waals surface area contributed by atoms with E-state index in [1.165, 1.54) is 25.7 Å². The molecule has 1 fully saturated rings. The quantitative estimate of drug-likeness (QED) is 0.768. The number of nitrogens with one attached hydrogen (secondary N) is 2. The minimum atomic E-state index is -3.83. The van der Waals surface area contributed by atoms with Gasteiger partial charge in [-0.25, -0.2) is 8.42 Å². The molecule has 0 atom stereocenters. The van der Waals surface area contributed by atoms with Crippen LogP contribution in [0.2, 0.25) is 0 Å². The highest BCUT2D eigenvalue weighted by Crippen LogP contribution is 2.24. The molecule has 28 heavy (non-hydrogen) atoms. The summed E-state index contributed by atoms with van der Waals surface area (Å²) >= 11 is 0. The highest BCUT2D eigenvalue weighted by atomic mass is 32.2. The van der Waals surface area contributed by atoms with E-state index in [9.17, 15) is 13.2 Å². The van der Waals surface area contributed by atoms with Crippen molar-refractivity contribution in [1.29, 1.82) is 0 Å². The van der Waals surface area contributed by atoms with Gasteiger partial charge in [0.1, 0.15) is 5.75 Å². The van der Waals surface area contributed by atoms with Crippen LogP contribution in [0.1, 0.15) is 48.0 Å². The van der Waals surface area contributed by atoms with Crippen LogP contribution >= 0.6 is 0 Å². The number of aryl methyl sites for hydroxylation is 1. The largest absolute Gasteiger partial charge is 0.497 e. The molecule has 1 aliphatic rings. The van der Waals surface area contributed by atoms with Gasteiger partial charge in [0.2, 0.25) is 0 Å². The smallest absolute Gasteiger partial charge is 0.261 e. The minimum absolute atomic E-state index is 0.105. The molecule has 1 amide bonds. The van der Waals surface area contributed by atoms with Crippen LogP contribution in [0.3, 0.4) is 0 Å². The van der Waals surface area contributed by atoms with Gasteiger partial charge in [-0.05, 0) is 61.7 Å². The number of hydrogen-bond donors (Lipinski definition) is 2. The van der Waals surface area contributed by atoms with Gasteiger partial charge in [0.05, 0.1) is 23.3 Å². The maximum absolute atomic E-state index is 12.8. The van der Waals surface area contributed by atoms with Crippen molar-refractivity contribution in [3.05, 3.63) is 53.6 Å². The lowest BCUT2D eigenvalue weighted by atomic mass is 9.95. The maximum atomic E-state index is 12.8. The van der Waals surface area contributed by atoms with Gasteiger partial charge in [-0.1, -0.05) is 25.3 Å². The molecule has 2 N–H and O–H groups in total. The molecule has 3 rings (SSSR count). The summed E-state index contributed by atoms with van der Waals surface area (Å²) in [4.78, 5) is 12.9. The predicted octanol–water partition coefficient (Wildman–Crippen LogP) is 3.87. The molecule has 0 bridgehead atoms. The van der Waals surface area contributed by atoms with E-state index in [0.29, 0.717) is 11.3 Å². The van der Waals surface area contributed by atoms with Crippen molar-refractivity contribution in [1.82, 2.24) is 5.32 Å². The Morgan fingerprint density at radius 2 is 1.71 bits per heavy atom. The Bertz CT molecular complexity index is 933. The second-order valence-electron chi connectivity index (χ2n) is 7.14. The van der Waals surface area contributed by atoms with Gasteiger partial charge in [-0.2, -0.15) is 0 Å². The number of sulfonamides is 1. The second-order valence-corrected chi connectivity index (χ2v) is 8.82. The molecule has 0 aliphatic heterocycles. The summed E-state index contributed by atoms with van der Waals surface area (Å²) in [5.74, 6) is 0.321. The van der Waals surface area contributed by atoms with Crippen molar-refractivity contribution in [3.63, 3.8) is 0 Å². The molecular weight excluding hydrogens is 376 g/mol. The molecule has 0 spiro atoms. The lowest BCUT2D eigenvalue weighted by molar-refractivity contribution is 0.0928. The fourth-order valence-electron chi connectivity index (χ4n) is 3.41. The number of carbonyl (C=O) groups is 1. The Kier molecular flexibility index (Phi) is 6.24. The highest BCUT2D eigenvalue weighted by Gasteiger charge is 2.22. The van der Waals surface area contributed by atoms with E-state index in [1.807, 2.05) is 6.92 Å². The molecule has 6 nitrogen and oxygen atoms in total. The van der Waals surface area contributed by atoms with E-state index in [0.717, 1.165) is 31.2 Å². The average Bonchev–Trinajstić information content (AvgIpc) is 2.68. The number of rotatable bonds is 6. The maximum Gasteiger partial charge on any atom is 0.261 e. The Hall–Kier alpha value is -2.54. The molecular formula is C21H26N2O4S. The average molecular weight is 403 g/mol. The summed E-state index contributed by atoms with van der Waals surface area (Å²) < 4.78 is 33.2. The van der Waals surface area contributed by atoms with Gasteiger partial charge in [0, 0.05) is 6.04 Å². The van der Waals surface area contributed by atoms with Crippen LogP contribution in [0.5, 0.6) is 5.75 Å². The molecule has 0 unspecified atom stereocenters. The Labute approximate surface area is 166 Å². The number of benzene rings is 2. The third-order valence-corrected chi connectivity index (χ3v) is 6.36. The van der Waals surface area contributed by atoms with Crippen molar-refractivity contribution in [2.24, 2.45) is 0 Å². The zero-order valence-electron chi connectivity index (χ0n) is 16.2. The molecule has 2 aromatic rings. The highest BCUT2D eigenvalue weighted by molar-refractivity contribution is 7.92. The Balaban J connectivity index is 1.84. The predicted molar refractivity (Wildman–Crippen MR) is 109 cm³/mol. The third-order valence-electron chi connectivity index (χ3n) is 4.97. The zero-order valence-corrected chi connectivity index (χ0v) is 17.0. The van der Waals surface area contributed by atoms with E-state index in [2.05, 4.69) is 10.0 Å². The van der Waals surface area contributed by atoms with E-state index in [1.54, 1.807) is 30.3 Å². The van der Waals surface area contributed by atoms with Crippen LogP contribution in [0.15, 0.2) is 47.4 Å². The summed E-state index contributed by atoms with van der Waals surface area (Å²) in [6.07, 6.45) is 5.34. The molecule has 150 valence electrons. The monoisotopic (exact) mass is 402 g/mol. The standard InChI is InChI=1S/C21H26N2O4S/c1-15-8-13-19(21(24)22-16-6-4-3-5-7-16)20(14-15)23-28(25,26)18-11-9-17(27-2)10-12-18/h8-14,16,23H,3-7H2,1-2H3,(H,22,24). The van der Waals surface area contributed by atoms with Gasteiger partial charge in [0.15, 0.2) is 0 Å². The summed E-state index contributed by atoms with van der Waals surface area (Å²) in [6.45, 7) is 1.86. The van der Waals surface area contributed by atoms with Gasteiger partial charge >= 0.3 is 0 Å². The minimum Gasteiger partial charge on any atom is -0.497 e. The van der Waals surface area contributed by atoms with Gasteiger partial charge in [-0.3, -0.25) is 9.52 Å². The van der Waals surface area contributed by atoms with Crippen molar-refractivity contribution >= 4 is 21.6 Å². The lowest BCUT2D eigenvalue weighted by Gasteiger charge is -2.23. The van der Waals surface area contributed by atoms with Crippen LogP contribution < -0.4 is 14.8 Å². The number of anilines is 1. The van der Waals surface area contributed by atoms with Gasteiger partial charge < -0.3 is 10.1 Å². The van der Waals surface area contributed by atoms with Crippen LogP contribution in [0.4, 0.5) is 5.69 Å². The second kappa shape index (κ2) is 8.65.